The lowest BCUT2D eigenvalue weighted by atomic mass is 9.78. The van der Waals surface area contributed by atoms with E-state index in [1.54, 1.807) is 12.1 Å². The van der Waals surface area contributed by atoms with E-state index in [1.807, 2.05) is 12.1 Å². The molecule has 1 saturated carbocycles. The lowest BCUT2D eigenvalue weighted by Gasteiger charge is -2.36. The molecule has 116 valence electrons. The second-order valence-electron chi connectivity index (χ2n) is 6.24. The van der Waals surface area contributed by atoms with E-state index in [2.05, 4.69) is 12.2 Å². The number of aliphatic hydroxyl groups is 1. The molecule has 0 radical (unpaired) electrons. The van der Waals surface area contributed by atoms with Crippen LogP contribution in [-0.4, -0.2) is 23.2 Å². The van der Waals surface area contributed by atoms with Gasteiger partial charge in [0, 0.05) is 18.7 Å². The van der Waals surface area contributed by atoms with Crippen molar-refractivity contribution in [2.24, 2.45) is 11.7 Å². The summed E-state index contributed by atoms with van der Waals surface area (Å²) in [6, 6.07) is 7.30. The predicted octanol–water partition coefficient (Wildman–Crippen LogP) is 2.21. The predicted molar refractivity (Wildman–Crippen MR) is 83.9 cm³/mol. The molecule has 4 nitrogen and oxygen atoms in total. The minimum absolute atomic E-state index is 0.409. The number of rotatable bonds is 6. The minimum Gasteiger partial charge on any atom is -0.389 e. The molecule has 21 heavy (non-hydrogen) atoms. The van der Waals surface area contributed by atoms with E-state index < -0.39 is 11.5 Å². The van der Waals surface area contributed by atoms with Crippen molar-refractivity contribution in [2.75, 3.05) is 6.54 Å². The van der Waals surface area contributed by atoms with Crippen molar-refractivity contribution in [3.63, 3.8) is 0 Å². The molecule has 0 saturated heterocycles. The molecule has 1 aromatic rings. The van der Waals surface area contributed by atoms with Gasteiger partial charge in [-0.1, -0.05) is 25.5 Å². The average Bonchev–Trinajstić information content (AvgIpc) is 2.48. The Morgan fingerprint density at radius 3 is 2.76 bits per heavy atom. The molecule has 1 aromatic carbocycles. The summed E-state index contributed by atoms with van der Waals surface area (Å²) in [7, 11) is 0. The topological polar surface area (TPSA) is 75.3 Å². The fraction of sp³-hybridized carbons (Fsp3) is 0.588. The molecule has 4 heteroatoms. The second-order valence-corrected chi connectivity index (χ2v) is 6.24. The van der Waals surface area contributed by atoms with Crippen LogP contribution in [0.15, 0.2) is 24.3 Å². The first kappa shape index (κ1) is 16.0. The Bertz CT molecular complexity index is 479. The first-order valence-electron chi connectivity index (χ1n) is 7.84. The van der Waals surface area contributed by atoms with E-state index >= 15 is 0 Å². The Kier molecular flexibility index (Phi) is 5.37. The van der Waals surface area contributed by atoms with Crippen LogP contribution in [0.25, 0.3) is 0 Å². The third-order valence-electron chi connectivity index (χ3n) is 4.61. The molecule has 0 atom stereocenters. The smallest absolute Gasteiger partial charge is 0.248 e. The van der Waals surface area contributed by atoms with E-state index in [1.165, 1.54) is 6.42 Å². The summed E-state index contributed by atoms with van der Waals surface area (Å²) < 4.78 is 0. The van der Waals surface area contributed by atoms with E-state index in [4.69, 9.17) is 5.73 Å². The van der Waals surface area contributed by atoms with Gasteiger partial charge in [-0.15, -0.1) is 0 Å². The van der Waals surface area contributed by atoms with E-state index in [9.17, 15) is 9.90 Å². The highest BCUT2D eigenvalue weighted by Gasteiger charge is 2.31. The van der Waals surface area contributed by atoms with Gasteiger partial charge in [-0.25, -0.2) is 0 Å². The molecule has 1 fully saturated rings. The molecule has 0 unspecified atom stereocenters. The highest BCUT2D eigenvalue weighted by atomic mass is 16.3. The maximum Gasteiger partial charge on any atom is 0.248 e. The quantitative estimate of drug-likeness (QED) is 0.752. The average molecular weight is 290 g/mol. The standard InChI is InChI=1S/C17H26N2O2/c1-2-13-6-8-17(21,9-7-13)12-19-11-14-4-3-5-15(10-14)16(18)20/h3-5,10,13,19,21H,2,6-9,11-12H2,1H3,(H2,18,20). The molecule has 0 aromatic heterocycles. The maximum absolute atomic E-state index is 11.1. The van der Waals surface area contributed by atoms with Crippen LogP contribution in [0.3, 0.4) is 0 Å². The highest BCUT2D eigenvalue weighted by Crippen LogP contribution is 2.33. The fourth-order valence-electron chi connectivity index (χ4n) is 3.07. The maximum atomic E-state index is 11.1. The Morgan fingerprint density at radius 2 is 2.14 bits per heavy atom. The van der Waals surface area contributed by atoms with Crippen molar-refractivity contribution in [3.8, 4) is 0 Å². The van der Waals surface area contributed by atoms with Crippen LogP contribution in [0.1, 0.15) is 54.9 Å². The number of primary amides is 1. The van der Waals surface area contributed by atoms with Crippen LogP contribution >= 0.6 is 0 Å². The van der Waals surface area contributed by atoms with Crippen LogP contribution in [0.4, 0.5) is 0 Å². The van der Waals surface area contributed by atoms with Crippen LogP contribution in [0.5, 0.6) is 0 Å². The molecule has 0 spiro atoms. The highest BCUT2D eigenvalue weighted by molar-refractivity contribution is 5.92. The zero-order valence-electron chi connectivity index (χ0n) is 12.8. The number of hydrogen-bond donors (Lipinski definition) is 3. The molecule has 1 amide bonds. The van der Waals surface area contributed by atoms with Gasteiger partial charge in [0.2, 0.25) is 5.91 Å². The molecule has 4 N–H and O–H groups in total. The molecule has 2 rings (SSSR count). The first-order valence-corrected chi connectivity index (χ1v) is 7.84. The van der Waals surface area contributed by atoms with E-state index in [-0.39, 0.29) is 0 Å². The summed E-state index contributed by atoms with van der Waals surface area (Å²) in [4.78, 5) is 11.1. The van der Waals surface area contributed by atoms with Crippen molar-refractivity contribution in [1.82, 2.24) is 5.32 Å². The van der Waals surface area contributed by atoms with E-state index in [0.717, 1.165) is 37.2 Å². The number of nitrogens with one attached hydrogen (secondary N) is 1. The van der Waals surface area contributed by atoms with Crippen LogP contribution in [0, 0.1) is 5.92 Å². The first-order chi connectivity index (χ1) is 10.0. The van der Waals surface area contributed by atoms with Crippen molar-refractivity contribution in [3.05, 3.63) is 35.4 Å². The molecule has 0 bridgehead atoms. The third-order valence-corrected chi connectivity index (χ3v) is 4.61. The van der Waals surface area contributed by atoms with Crippen molar-refractivity contribution in [1.29, 1.82) is 0 Å². The molecular weight excluding hydrogens is 264 g/mol. The van der Waals surface area contributed by atoms with Crippen LogP contribution in [0.2, 0.25) is 0 Å². The normalized spacial score (nSPS) is 25.7. The number of benzene rings is 1. The molecule has 1 aliphatic rings. The SMILES string of the molecule is CCC1CCC(O)(CNCc2cccc(C(N)=O)c2)CC1. The van der Waals surface area contributed by atoms with Gasteiger partial charge >= 0.3 is 0 Å². The second kappa shape index (κ2) is 7.05. The lowest BCUT2D eigenvalue weighted by Crippen LogP contribution is -2.43. The van der Waals surface area contributed by atoms with Crippen LogP contribution in [-0.2, 0) is 6.54 Å². The Hall–Kier alpha value is -1.39. The summed E-state index contributed by atoms with van der Waals surface area (Å²) in [5, 5.41) is 13.9. The zero-order valence-corrected chi connectivity index (χ0v) is 12.8. The van der Waals surface area contributed by atoms with Gasteiger partial charge in [-0.3, -0.25) is 4.79 Å². The van der Waals surface area contributed by atoms with Gasteiger partial charge in [0.05, 0.1) is 5.60 Å². The summed E-state index contributed by atoms with van der Waals surface area (Å²) in [5.41, 5.74) is 6.24. The third kappa shape index (κ3) is 4.55. The van der Waals surface area contributed by atoms with Crippen LogP contribution < -0.4 is 11.1 Å². The fourth-order valence-corrected chi connectivity index (χ4v) is 3.07. The van der Waals surface area contributed by atoms with Crippen molar-refractivity contribution in [2.45, 2.75) is 51.2 Å². The number of nitrogens with two attached hydrogens (primary N) is 1. The molecular formula is C17H26N2O2. The van der Waals surface area contributed by atoms with Gasteiger partial charge in [0.15, 0.2) is 0 Å². The largest absolute Gasteiger partial charge is 0.389 e. The van der Waals surface area contributed by atoms with Gasteiger partial charge in [0.25, 0.3) is 0 Å². The number of carbonyl (C=O) groups excluding carboxylic acids is 1. The van der Waals surface area contributed by atoms with Gasteiger partial charge in [-0.2, -0.15) is 0 Å². The summed E-state index contributed by atoms with van der Waals surface area (Å²) in [6.07, 6.45) is 5.20. The Balaban J connectivity index is 1.81. The lowest BCUT2D eigenvalue weighted by molar-refractivity contribution is -0.00881. The van der Waals surface area contributed by atoms with Crippen molar-refractivity contribution >= 4 is 5.91 Å². The molecule has 0 aliphatic heterocycles. The number of hydrogen-bond acceptors (Lipinski definition) is 3. The number of carbonyl (C=O) groups is 1. The number of amides is 1. The van der Waals surface area contributed by atoms with Gasteiger partial charge in [0.1, 0.15) is 0 Å². The Labute approximate surface area is 126 Å². The Morgan fingerprint density at radius 1 is 1.43 bits per heavy atom. The zero-order chi connectivity index (χ0) is 15.3. The minimum atomic E-state index is -0.576. The monoisotopic (exact) mass is 290 g/mol. The molecule has 0 heterocycles. The summed E-state index contributed by atoms with van der Waals surface area (Å²) in [5.74, 6) is 0.367. The van der Waals surface area contributed by atoms with Crippen molar-refractivity contribution < 1.29 is 9.90 Å². The van der Waals surface area contributed by atoms with E-state index in [0.29, 0.717) is 18.7 Å². The van der Waals surface area contributed by atoms with Gasteiger partial charge < -0.3 is 16.2 Å². The van der Waals surface area contributed by atoms with Gasteiger partial charge in [-0.05, 0) is 49.3 Å². The summed E-state index contributed by atoms with van der Waals surface area (Å²) >= 11 is 0. The summed E-state index contributed by atoms with van der Waals surface area (Å²) in [6.45, 7) is 3.46. The molecule has 1 aliphatic carbocycles.